The van der Waals surface area contributed by atoms with Gasteiger partial charge >= 0.3 is 6.09 Å². The standard InChI is InChI=1S/C29H34FN5O4/c1-29(2,3)39-28(38)34-23(16-18-6-9-21(30)10-7-18)27(37)35-14-4-5-24(35)26(36)33-17-19-8-11-22-20(15-19)12-13-32-25(22)31/h6-13,15,23-24H,4-5,14,16-17H2,1-3H3,(H2,31,32)(H,33,36)(H,34,38). The monoisotopic (exact) mass is 535 g/mol. The Morgan fingerprint density at radius 1 is 1.13 bits per heavy atom. The normalized spacial score (nSPS) is 16.1. The van der Waals surface area contributed by atoms with Gasteiger partial charge in [0.25, 0.3) is 0 Å². The summed E-state index contributed by atoms with van der Waals surface area (Å²) < 4.78 is 18.8. The number of alkyl carbamates (subject to hydrolysis) is 1. The first kappa shape index (κ1) is 27.8. The summed E-state index contributed by atoms with van der Waals surface area (Å²) in [6.07, 6.45) is 2.18. The van der Waals surface area contributed by atoms with Gasteiger partial charge in [-0.2, -0.15) is 0 Å². The molecule has 3 amide bonds. The van der Waals surface area contributed by atoms with E-state index in [1.54, 1.807) is 39.1 Å². The Labute approximate surface area is 226 Å². The van der Waals surface area contributed by atoms with Crippen molar-refractivity contribution in [2.45, 2.75) is 64.3 Å². The second kappa shape index (κ2) is 11.7. The molecule has 4 N–H and O–H groups in total. The van der Waals surface area contributed by atoms with E-state index in [1.165, 1.54) is 17.0 Å². The number of halogens is 1. The van der Waals surface area contributed by atoms with Crippen LogP contribution in [0.4, 0.5) is 15.0 Å². The van der Waals surface area contributed by atoms with E-state index < -0.39 is 35.5 Å². The quantitative estimate of drug-likeness (QED) is 0.424. The zero-order chi connectivity index (χ0) is 28.2. The number of anilines is 1. The molecule has 0 saturated carbocycles. The number of carbonyl (C=O) groups is 3. The van der Waals surface area contributed by atoms with Crippen molar-refractivity contribution in [3.05, 3.63) is 71.7 Å². The maximum Gasteiger partial charge on any atom is 0.408 e. The van der Waals surface area contributed by atoms with Crippen LogP contribution in [-0.2, 0) is 27.3 Å². The lowest BCUT2D eigenvalue weighted by molar-refractivity contribution is -0.140. The molecular weight excluding hydrogens is 501 g/mol. The summed E-state index contributed by atoms with van der Waals surface area (Å²) in [5, 5.41) is 7.36. The Balaban J connectivity index is 1.46. The van der Waals surface area contributed by atoms with Gasteiger partial charge in [-0.1, -0.05) is 24.3 Å². The van der Waals surface area contributed by atoms with E-state index in [9.17, 15) is 18.8 Å². The molecule has 1 aromatic heterocycles. The molecule has 2 atom stereocenters. The third kappa shape index (κ3) is 7.22. The number of fused-ring (bicyclic) bond motifs is 1. The number of likely N-dealkylation sites (tertiary alicyclic amines) is 1. The first-order valence-electron chi connectivity index (χ1n) is 13.0. The Morgan fingerprint density at radius 2 is 1.85 bits per heavy atom. The second-order valence-electron chi connectivity index (χ2n) is 10.7. The van der Waals surface area contributed by atoms with Crippen molar-refractivity contribution >= 4 is 34.5 Å². The molecule has 3 aromatic rings. The molecular formula is C29H34FN5O4. The van der Waals surface area contributed by atoms with Gasteiger partial charge in [-0.15, -0.1) is 0 Å². The Morgan fingerprint density at radius 3 is 2.56 bits per heavy atom. The smallest absolute Gasteiger partial charge is 0.408 e. The van der Waals surface area contributed by atoms with Gasteiger partial charge in [-0.25, -0.2) is 14.2 Å². The van der Waals surface area contributed by atoms with Crippen LogP contribution in [-0.4, -0.2) is 52.0 Å². The molecule has 9 nitrogen and oxygen atoms in total. The zero-order valence-electron chi connectivity index (χ0n) is 22.4. The SMILES string of the molecule is CC(C)(C)OC(=O)NC(Cc1ccc(F)cc1)C(=O)N1CCCC1C(=O)NCc1ccc2c(N)nccc2c1. The maximum absolute atomic E-state index is 13.7. The predicted molar refractivity (Wildman–Crippen MR) is 146 cm³/mol. The van der Waals surface area contributed by atoms with E-state index in [1.807, 2.05) is 24.3 Å². The topological polar surface area (TPSA) is 127 Å². The Hall–Kier alpha value is -4.21. The summed E-state index contributed by atoms with van der Waals surface area (Å²) in [4.78, 5) is 45.0. The summed E-state index contributed by atoms with van der Waals surface area (Å²) in [6.45, 7) is 5.85. The van der Waals surface area contributed by atoms with Crippen molar-refractivity contribution in [2.75, 3.05) is 12.3 Å². The van der Waals surface area contributed by atoms with E-state index >= 15 is 0 Å². The van der Waals surface area contributed by atoms with Crippen LogP contribution in [0.2, 0.25) is 0 Å². The number of benzene rings is 2. The van der Waals surface area contributed by atoms with E-state index in [4.69, 9.17) is 10.5 Å². The van der Waals surface area contributed by atoms with Crippen LogP contribution in [0, 0.1) is 5.82 Å². The molecule has 2 aromatic carbocycles. The molecule has 1 fully saturated rings. The average molecular weight is 536 g/mol. The molecule has 1 aliphatic heterocycles. The van der Waals surface area contributed by atoms with Crippen LogP contribution in [0.15, 0.2) is 54.7 Å². The molecule has 39 heavy (non-hydrogen) atoms. The predicted octanol–water partition coefficient (Wildman–Crippen LogP) is 3.70. The van der Waals surface area contributed by atoms with Gasteiger partial charge in [0.1, 0.15) is 29.3 Å². The number of nitrogens with two attached hydrogens (primary N) is 1. The van der Waals surface area contributed by atoms with Crippen LogP contribution in [0.5, 0.6) is 0 Å². The number of pyridine rings is 1. The highest BCUT2D eigenvalue weighted by Gasteiger charge is 2.38. The summed E-state index contributed by atoms with van der Waals surface area (Å²) in [6, 6.07) is 11.6. The molecule has 0 aliphatic carbocycles. The fourth-order valence-corrected chi connectivity index (χ4v) is 4.68. The summed E-state index contributed by atoms with van der Waals surface area (Å²) in [7, 11) is 0. The van der Waals surface area contributed by atoms with Crippen LogP contribution in [0.1, 0.15) is 44.7 Å². The molecule has 0 spiro atoms. The number of nitrogens with zero attached hydrogens (tertiary/aromatic N) is 2. The zero-order valence-corrected chi connectivity index (χ0v) is 22.4. The highest BCUT2D eigenvalue weighted by Crippen LogP contribution is 2.22. The lowest BCUT2D eigenvalue weighted by Gasteiger charge is -2.29. The van der Waals surface area contributed by atoms with Crippen LogP contribution >= 0.6 is 0 Å². The van der Waals surface area contributed by atoms with E-state index in [0.717, 1.165) is 16.3 Å². The molecule has 2 heterocycles. The minimum atomic E-state index is -0.988. The molecule has 2 unspecified atom stereocenters. The van der Waals surface area contributed by atoms with Gasteiger partial charge in [0, 0.05) is 31.1 Å². The lowest BCUT2D eigenvalue weighted by Crippen LogP contribution is -2.54. The number of rotatable bonds is 7. The molecule has 10 heteroatoms. The van der Waals surface area contributed by atoms with Crippen LogP contribution in [0.3, 0.4) is 0 Å². The fraction of sp³-hybridized carbons (Fsp3) is 0.379. The van der Waals surface area contributed by atoms with Crippen molar-refractivity contribution in [1.82, 2.24) is 20.5 Å². The van der Waals surface area contributed by atoms with Gasteiger partial charge in [-0.05, 0) is 74.4 Å². The molecule has 0 radical (unpaired) electrons. The number of nitrogens with one attached hydrogen (secondary N) is 2. The Kier molecular flexibility index (Phi) is 8.32. The fourth-order valence-electron chi connectivity index (χ4n) is 4.68. The van der Waals surface area contributed by atoms with E-state index in [0.29, 0.717) is 30.8 Å². The summed E-state index contributed by atoms with van der Waals surface area (Å²) >= 11 is 0. The molecule has 0 bridgehead atoms. The minimum absolute atomic E-state index is 0.123. The van der Waals surface area contributed by atoms with Gasteiger partial charge in [0.15, 0.2) is 0 Å². The van der Waals surface area contributed by atoms with Crippen molar-refractivity contribution in [2.24, 2.45) is 0 Å². The minimum Gasteiger partial charge on any atom is -0.444 e. The number of hydrogen-bond donors (Lipinski definition) is 3. The van der Waals surface area contributed by atoms with E-state index in [-0.39, 0.29) is 18.9 Å². The summed E-state index contributed by atoms with van der Waals surface area (Å²) in [5.74, 6) is -0.618. The van der Waals surface area contributed by atoms with Gasteiger partial charge in [0.05, 0.1) is 0 Å². The van der Waals surface area contributed by atoms with Crippen molar-refractivity contribution in [3.8, 4) is 0 Å². The number of carbonyl (C=O) groups excluding carboxylic acids is 3. The largest absolute Gasteiger partial charge is 0.444 e. The molecule has 1 aliphatic rings. The Bertz CT molecular complexity index is 1360. The van der Waals surface area contributed by atoms with Crippen molar-refractivity contribution < 1.29 is 23.5 Å². The number of amides is 3. The lowest BCUT2D eigenvalue weighted by atomic mass is 10.0. The van der Waals surface area contributed by atoms with Gasteiger partial charge in [0.2, 0.25) is 11.8 Å². The summed E-state index contributed by atoms with van der Waals surface area (Å²) in [5.41, 5.74) is 6.72. The molecule has 4 rings (SSSR count). The third-order valence-electron chi connectivity index (χ3n) is 6.51. The number of ether oxygens (including phenoxy) is 1. The van der Waals surface area contributed by atoms with Crippen LogP contribution < -0.4 is 16.4 Å². The van der Waals surface area contributed by atoms with Crippen LogP contribution in [0.25, 0.3) is 10.8 Å². The number of aromatic nitrogens is 1. The van der Waals surface area contributed by atoms with Gasteiger partial charge in [-0.3, -0.25) is 9.59 Å². The van der Waals surface area contributed by atoms with Crippen molar-refractivity contribution in [1.29, 1.82) is 0 Å². The first-order valence-corrected chi connectivity index (χ1v) is 13.0. The maximum atomic E-state index is 13.7. The van der Waals surface area contributed by atoms with E-state index in [2.05, 4.69) is 15.6 Å². The highest BCUT2D eigenvalue weighted by atomic mass is 19.1. The number of hydrogen-bond acceptors (Lipinski definition) is 6. The highest BCUT2D eigenvalue weighted by molar-refractivity contribution is 5.93. The molecule has 206 valence electrons. The molecule has 1 saturated heterocycles. The second-order valence-corrected chi connectivity index (χ2v) is 10.7. The van der Waals surface area contributed by atoms with Gasteiger partial charge < -0.3 is 26.0 Å². The first-order chi connectivity index (χ1) is 18.5. The third-order valence-corrected chi connectivity index (χ3v) is 6.51. The average Bonchev–Trinajstić information content (AvgIpc) is 3.37. The number of nitrogen functional groups attached to an aromatic ring is 1. The van der Waals surface area contributed by atoms with Crippen molar-refractivity contribution in [3.63, 3.8) is 0 Å².